The minimum atomic E-state index is -0.270. The molecule has 2 heterocycles. The smallest absolute Gasteiger partial charge is 0.306 e. The van der Waals surface area contributed by atoms with Crippen LogP contribution in [0.25, 0.3) is 11.0 Å². The largest absolute Gasteiger partial charge is 0.466 e. The van der Waals surface area contributed by atoms with Gasteiger partial charge in [-0.2, -0.15) is 0 Å². The molecule has 0 bridgehead atoms. The van der Waals surface area contributed by atoms with Gasteiger partial charge in [0.2, 0.25) is 5.88 Å². The summed E-state index contributed by atoms with van der Waals surface area (Å²) in [6.45, 7) is 3.02. The molecular formula is C20H20BrClN4O3. The van der Waals surface area contributed by atoms with Crippen molar-refractivity contribution in [3.63, 3.8) is 0 Å². The number of pyridine rings is 1. The Balaban J connectivity index is 1.57. The summed E-state index contributed by atoms with van der Waals surface area (Å²) in [7, 11) is 0. The van der Waals surface area contributed by atoms with E-state index in [1.807, 2.05) is 16.8 Å². The molecule has 0 radical (unpaired) electrons. The average molecular weight is 480 g/mol. The first-order chi connectivity index (χ1) is 14.0. The Morgan fingerprint density at radius 2 is 2.21 bits per heavy atom. The molecular weight excluding hydrogens is 460 g/mol. The van der Waals surface area contributed by atoms with Crippen LogP contribution in [0.1, 0.15) is 31.7 Å². The third-order valence-electron chi connectivity index (χ3n) is 4.72. The second kappa shape index (κ2) is 8.67. The lowest BCUT2D eigenvalue weighted by Crippen LogP contribution is -2.06. The molecule has 0 atom stereocenters. The highest BCUT2D eigenvalue weighted by Crippen LogP contribution is 2.37. The van der Waals surface area contributed by atoms with Crippen LogP contribution in [0.15, 0.2) is 28.9 Å². The molecule has 29 heavy (non-hydrogen) atoms. The van der Waals surface area contributed by atoms with E-state index in [-0.39, 0.29) is 12.4 Å². The first kappa shape index (κ1) is 20.1. The van der Waals surface area contributed by atoms with Gasteiger partial charge in [0.05, 0.1) is 21.6 Å². The van der Waals surface area contributed by atoms with Crippen molar-refractivity contribution < 1.29 is 14.3 Å². The third-order valence-corrected chi connectivity index (χ3v) is 5.69. The van der Waals surface area contributed by atoms with Crippen LogP contribution >= 0.6 is 27.5 Å². The van der Waals surface area contributed by atoms with Crippen LogP contribution in [0.3, 0.4) is 0 Å². The van der Waals surface area contributed by atoms with E-state index in [0.29, 0.717) is 40.1 Å². The van der Waals surface area contributed by atoms with Gasteiger partial charge in [-0.25, -0.2) is 9.67 Å². The summed E-state index contributed by atoms with van der Waals surface area (Å²) < 4.78 is 13.7. The number of fused-ring (bicyclic) bond motifs is 1. The number of halogens is 2. The number of rotatable bonds is 8. The van der Waals surface area contributed by atoms with Gasteiger partial charge in [-0.15, -0.1) is 5.10 Å². The van der Waals surface area contributed by atoms with Gasteiger partial charge in [0.15, 0.2) is 0 Å². The van der Waals surface area contributed by atoms with Crippen LogP contribution < -0.4 is 4.74 Å². The van der Waals surface area contributed by atoms with Crippen molar-refractivity contribution in [2.45, 2.75) is 39.2 Å². The summed E-state index contributed by atoms with van der Waals surface area (Å²) in [5, 5.41) is 9.06. The van der Waals surface area contributed by atoms with E-state index in [2.05, 4.69) is 31.2 Å². The van der Waals surface area contributed by atoms with Gasteiger partial charge in [-0.05, 0) is 66.2 Å². The van der Waals surface area contributed by atoms with Crippen LogP contribution in [-0.4, -0.2) is 32.6 Å². The van der Waals surface area contributed by atoms with Gasteiger partial charge in [0, 0.05) is 24.7 Å². The molecule has 9 heteroatoms. The minimum Gasteiger partial charge on any atom is -0.466 e. The Morgan fingerprint density at radius 3 is 2.97 bits per heavy atom. The van der Waals surface area contributed by atoms with E-state index in [1.165, 1.54) is 19.0 Å². The molecule has 0 aliphatic heterocycles. The highest BCUT2D eigenvalue weighted by Gasteiger charge is 2.24. The number of nitrogens with zero attached hydrogens (tertiary/aromatic N) is 4. The number of hydrogen-bond donors (Lipinski definition) is 0. The first-order valence-corrected chi connectivity index (χ1v) is 10.7. The third kappa shape index (κ3) is 4.70. The number of benzene rings is 1. The summed E-state index contributed by atoms with van der Waals surface area (Å²) in [5.41, 5.74) is 2.43. The van der Waals surface area contributed by atoms with Crippen molar-refractivity contribution in [1.29, 1.82) is 0 Å². The molecule has 1 fully saturated rings. The first-order valence-electron chi connectivity index (χ1n) is 9.54. The van der Waals surface area contributed by atoms with Crippen molar-refractivity contribution in [3.8, 4) is 11.6 Å². The zero-order chi connectivity index (χ0) is 20.4. The highest BCUT2D eigenvalue weighted by molar-refractivity contribution is 9.10. The van der Waals surface area contributed by atoms with E-state index in [0.717, 1.165) is 23.1 Å². The number of ether oxygens (including phenoxy) is 2. The molecule has 1 aromatic carbocycles. The monoisotopic (exact) mass is 478 g/mol. The van der Waals surface area contributed by atoms with Crippen molar-refractivity contribution in [2.75, 3.05) is 6.61 Å². The fourth-order valence-corrected chi connectivity index (χ4v) is 3.73. The van der Waals surface area contributed by atoms with Crippen LogP contribution in [0, 0.1) is 5.92 Å². The normalized spacial score (nSPS) is 13.6. The lowest BCUT2D eigenvalue weighted by atomic mass is 10.1. The predicted molar refractivity (Wildman–Crippen MR) is 112 cm³/mol. The number of esters is 1. The summed E-state index contributed by atoms with van der Waals surface area (Å²) >= 11 is 9.68. The maximum Gasteiger partial charge on any atom is 0.306 e. The summed E-state index contributed by atoms with van der Waals surface area (Å²) in [6, 6.07) is 5.57. The summed E-state index contributed by atoms with van der Waals surface area (Å²) in [4.78, 5) is 16.0. The number of carbonyl (C=O) groups is 1. The Bertz CT molecular complexity index is 1050. The molecule has 3 aromatic rings. The van der Waals surface area contributed by atoms with E-state index < -0.39 is 0 Å². The van der Waals surface area contributed by atoms with Crippen molar-refractivity contribution in [2.24, 2.45) is 5.92 Å². The Labute approximate surface area is 181 Å². The van der Waals surface area contributed by atoms with Gasteiger partial charge in [-0.3, -0.25) is 4.79 Å². The van der Waals surface area contributed by atoms with E-state index in [1.54, 1.807) is 13.0 Å². The predicted octanol–water partition coefficient (Wildman–Crippen LogP) is 4.94. The van der Waals surface area contributed by atoms with Gasteiger partial charge in [0.25, 0.3) is 0 Å². The molecule has 1 aliphatic rings. The molecule has 0 amide bonds. The number of aryl methyl sites for hydroxylation is 1. The van der Waals surface area contributed by atoms with Crippen molar-refractivity contribution >= 4 is 44.5 Å². The molecule has 0 saturated heterocycles. The van der Waals surface area contributed by atoms with Crippen molar-refractivity contribution in [1.82, 2.24) is 20.0 Å². The number of carbonyl (C=O) groups excluding carboxylic acids is 1. The Kier molecular flexibility index (Phi) is 6.01. The van der Waals surface area contributed by atoms with Crippen LogP contribution in [0.2, 0.25) is 5.02 Å². The standard InChI is InChI=1S/C20H20BrClN4O3/c1-2-28-17(27)8-5-13-9-14(22)10-23-20(13)29-16-7-6-15-19(18(16)21)24-25-26(15)11-12-3-4-12/h6-7,9-10,12H,2-5,8,11H2,1H3. The van der Waals surface area contributed by atoms with Crippen molar-refractivity contribution in [3.05, 3.63) is 39.5 Å². The summed E-state index contributed by atoms with van der Waals surface area (Å²) in [5.74, 6) is 1.40. The van der Waals surface area contributed by atoms with Crippen LogP contribution in [0.4, 0.5) is 0 Å². The Morgan fingerprint density at radius 1 is 1.38 bits per heavy atom. The highest BCUT2D eigenvalue weighted by atomic mass is 79.9. The van der Waals surface area contributed by atoms with Gasteiger partial charge in [-0.1, -0.05) is 16.8 Å². The second-order valence-corrected chi connectivity index (χ2v) is 8.21. The van der Waals surface area contributed by atoms with Crippen LogP contribution in [-0.2, 0) is 22.5 Å². The molecule has 1 aliphatic carbocycles. The SMILES string of the molecule is CCOC(=O)CCc1cc(Cl)cnc1Oc1ccc2c(nnn2CC2CC2)c1Br. The Hall–Kier alpha value is -2.19. The van der Waals surface area contributed by atoms with Crippen LogP contribution in [0.5, 0.6) is 11.6 Å². The fourth-order valence-electron chi connectivity index (χ4n) is 3.06. The lowest BCUT2D eigenvalue weighted by Gasteiger charge is -2.12. The molecule has 4 rings (SSSR count). The van der Waals surface area contributed by atoms with E-state index in [4.69, 9.17) is 21.1 Å². The number of aromatic nitrogens is 4. The average Bonchev–Trinajstić information content (AvgIpc) is 3.42. The maximum atomic E-state index is 11.7. The van der Waals surface area contributed by atoms with E-state index >= 15 is 0 Å². The molecule has 7 nitrogen and oxygen atoms in total. The molecule has 152 valence electrons. The van der Waals surface area contributed by atoms with Gasteiger partial charge >= 0.3 is 5.97 Å². The van der Waals surface area contributed by atoms with E-state index in [9.17, 15) is 4.79 Å². The molecule has 2 aromatic heterocycles. The fraction of sp³-hybridized carbons (Fsp3) is 0.400. The molecule has 0 unspecified atom stereocenters. The summed E-state index contributed by atoms with van der Waals surface area (Å²) in [6.07, 6.45) is 4.66. The lowest BCUT2D eigenvalue weighted by molar-refractivity contribution is -0.143. The zero-order valence-electron chi connectivity index (χ0n) is 15.9. The minimum absolute atomic E-state index is 0.224. The molecule has 1 saturated carbocycles. The van der Waals surface area contributed by atoms with Gasteiger partial charge < -0.3 is 9.47 Å². The quantitative estimate of drug-likeness (QED) is 0.426. The topological polar surface area (TPSA) is 79.1 Å². The molecule has 0 N–H and O–H groups in total. The van der Waals surface area contributed by atoms with Gasteiger partial charge in [0.1, 0.15) is 11.3 Å². The second-order valence-electron chi connectivity index (χ2n) is 6.99. The maximum absolute atomic E-state index is 11.7. The zero-order valence-corrected chi connectivity index (χ0v) is 18.2. The molecule has 0 spiro atoms. The number of hydrogen-bond acceptors (Lipinski definition) is 6.